The number of H-pyrrole nitrogens is 1. The lowest BCUT2D eigenvalue weighted by atomic mass is 9.97. The van der Waals surface area contributed by atoms with Crippen molar-refractivity contribution in [1.82, 2.24) is 20.2 Å². The van der Waals surface area contributed by atoms with Gasteiger partial charge in [-0.3, -0.25) is 4.79 Å². The Kier molecular flexibility index (Phi) is 6.10. The van der Waals surface area contributed by atoms with Gasteiger partial charge in [-0.15, -0.1) is 0 Å². The summed E-state index contributed by atoms with van der Waals surface area (Å²) in [5, 5.41) is 3.13. The van der Waals surface area contributed by atoms with Crippen LogP contribution in [0.3, 0.4) is 0 Å². The number of para-hydroxylation sites is 2. The number of hydrogen-bond acceptors (Lipinski definition) is 4. The molecule has 4 rings (SSSR count). The molecule has 29 heavy (non-hydrogen) atoms. The molecular weight excluding hydrogens is 362 g/mol. The number of fused-ring (bicyclic) bond motifs is 1. The number of amides is 1. The van der Waals surface area contributed by atoms with Crippen LogP contribution in [0.4, 0.5) is 5.95 Å². The number of likely N-dealkylation sites (N-methyl/N-ethyl adjacent to an activating group) is 1. The second-order valence-corrected chi connectivity index (χ2v) is 7.88. The predicted octanol–water partition coefficient (Wildman–Crippen LogP) is 3.03. The number of aromatic nitrogens is 2. The van der Waals surface area contributed by atoms with Crippen LogP contribution in [-0.2, 0) is 11.3 Å². The van der Waals surface area contributed by atoms with Crippen molar-refractivity contribution in [2.24, 2.45) is 5.92 Å². The van der Waals surface area contributed by atoms with Gasteiger partial charge < -0.3 is 20.1 Å². The van der Waals surface area contributed by atoms with Crippen LogP contribution in [0.25, 0.3) is 11.0 Å². The van der Waals surface area contributed by atoms with Crippen LogP contribution < -0.4 is 10.2 Å². The number of piperidine rings is 1. The van der Waals surface area contributed by atoms with Crippen LogP contribution in [0.2, 0.25) is 0 Å². The zero-order valence-corrected chi connectivity index (χ0v) is 17.0. The van der Waals surface area contributed by atoms with E-state index in [4.69, 9.17) is 0 Å². The largest absolute Gasteiger partial charge is 0.355 e. The highest BCUT2D eigenvalue weighted by molar-refractivity contribution is 5.80. The number of benzene rings is 2. The molecule has 0 spiro atoms. The summed E-state index contributed by atoms with van der Waals surface area (Å²) < 4.78 is 0. The number of aromatic amines is 1. The number of rotatable bonds is 7. The molecule has 1 atom stereocenters. The highest BCUT2D eigenvalue weighted by Gasteiger charge is 2.27. The second-order valence-electron chi connectivity index (χ2n) is 7.88. The molecular formula is C23H29N5O. The van der Waals surface area contributed by atoms with Gasteiger partial charge in [0.15, 0.2) is 0 Å². The number of nitrogens with one attached hydrogen (secondary N) is 2. The van der Waals surface area contributed by atoms with E-state index in [1.165, 1.54) is 5.56 Å². The molecule has 1 saturated heterocycles. The zero-order chi connectivity index (χ0) is 20.1. The molecule has 2 aromatic carbocycles. The number of hydrogen-bond donors (Lipinski definition) is 2. The first-order valence-electron chi connectivity index (χ1n) is 10.4. The summed E-state index contributed by atoms with van der Waals surface area (Å²) in [5.74, 6) is 1.03. The summed E-state index contributed by atoms with van der Waals surface area (Å²) in [6, 6.07) is 18.4. The van der Waals surface area contributed by atoms with Crippen molar-refractivity contribution in [3.63, 3.8) is 0 Å². The Hall–Kier alpha value is -2.86. The molecule has 6 nitrogen and oxygen atoms in total. The summed E-state index contributed by atoms with van der Waals surface area (Å²) in [5.41, 5.74) is 3.29. The lowest BCUT2D eigenvalue weighted by Gasteiger charge is -2.31. The fourth-order valence-corrected chi connectivity index (χ4v) is 3.96. The van der Waals surface area contributed by atoms with E-state index in [1.54, 1.807) is 0 Å². The molecule has 152 valence electrons. The minimum absolute atomic E-state index is 0.0105. The van der Waals surface area contributed by atoms with Gasteiger partial charge in [-0.1, -0.05) is 42.5 Å². The Bertz CT molecular complexity index is 906. The number of anilines is 1. The fourth-order valence-electron chi connectivity index (χ4n) is 3.96. The average Bonchev–Trinajstić information content (AvgIpc) is 3.19. The minimum Gasteiger partial charge on any atom is -0.355 e. The van der Waals surface area contributed by atoms with Crippen molar-refractivity contribution >= 4 is 22.9 Å². The summed E-state index contributed by atoms with van der Waals surface area (Å²) in [7, 11) is 2.09. The molecule has 0 saturated carbocycles. The van der Waals surface area contributed by atoms with Crippen molar-refractivity contribution in [2.45, 2.75) is 19.4 Å². The first kappa shape index (κ1) is 19.5. The average molecular weight is 392 g/mol. The van der Waals surface area contributed by atoms with Crippen molar-refractivity contribution in [1.29, 1.82) is 0 Å². The molecule has 3 aromatic rings. The molecule has 1 aliphatic heterocycles. The maximum atomic E-state index is 12.7. The van der Waals surface area contributed by atoms with Crippen molar-refractivity contribution in [3.8, 4) is 0 Å². The van der Waals surface area contributed by atoms with Crippen LogP contribution in [-0.4, -0.2) is 54.0 Å². The lowest BCUT2D eigenvalue weighted by Crippen LogP contribution is -2.44. The maximum absolute atomic E-state index is 12.7. The molecule has 2 heterocycles. The van der Waals surface area contributed by atoms with Crippen LogP contribution in [0, 0.1) is 5.92 Å². The van der Waals surface area contributed by atoms with Crippen molar-refractivity contribution in [3.05, 3.63) is 60.2 Å². The number of carbonyl (C=O) groups excluding carboxylic acids is 1. The number of nitrogens with zero attached hydrogens (tertiary/aromatic N) is 3. The highest BCUT2D eigenvalue weighted by Crippen LogP contribution is 2.23. The Morgan fingerprint density at radius 3 is 2.83 bits per heavy atom. The van der Waals surface area contributed by atoms with Crippen LogP contribution in [0.5, 0.6) is 0 Å². The van der Waals surface area contributed by atoms with Crippen LogP contribution in [0.1, 0.15) is 18.4 Å². The number of imidazole rings is 1. The van der Waals surface area contributed by atoms with E-state index in [1.807, 2.05) is 30.3 Å². The van der Waals surface area contributed by atoms with Gasteiger partial charge in [0.2, 0.25) is 11.9 Å². The number of carbonyl (C=O) groups is 1. The molecule has 1 unspecified atom stereocenters. The Labute approximate surface area is 171 Å². The van der Waals surface area contributed by atoms with E-state index in [9.17, 15) is 4.79 Å². The van der Waals surface area contributed by atoms with Crippen LogP contribution in [0.15, 0.2) is 54.6 Å². The van der Waals surface area contributed by atoms with E-state index in [-0.39, 0.29) is 11.8 Å². The van der Waals surface area contributed by atoms with Gasteiger partial charge in [-0.25, -0.2) is 4.98 Å². The molecule has 1 fully saturated rings. The lowest BCUT2D eigenvalue weighted by molar-refractivity contribution is -0.125. The van der Waals surface area contributed by atoms with Crippen LogP contribution >= 0.6 is 0 Å². The highest BCUT2D eigenvalue weighted by atomic mass is 16.1. The second kappa shape index (κ2) is 9.09. The molecule has 0 aliphatic carbocycles. The van der Waals surface area contributed by atoms with E-state index in [0.717, 1.165) is 49.5 Å². The molecule has 1 aliphatic rings. The molecule has 1 amide bonds. The van der Waals surface area contributed by atoms with E-state index >= 15 is 0 Å². The smallest absolute Gasteiger partial charge is 0.224 e. The van der Waals surface area contributed by atoms with Gasteiger partial charge >= 0.3 is 0 Å². The van der Waals surface area contributed by atoms with Gasteiger partial charge in [0.25, 0.3) is 0 Å². The Morgan fingerprint density at radius 1 is 1.21 bits per heavy atom. The van der Waals surface area contributed by atoms with E-state index < -0.39 is 0 Å². The first-order chi connectivity index (χ1) is 14.2. The summed E-state index contributed by atoms with van der Waals surface area (Å²) in [4.78, 5) is 25.2. The quantitative estimate of drug-likeness (QED) is 0.650. The monoisotopic (exact) mass is 391 g/mol. The zero-order valence-electron chi connectivity index (χ0n) is 17.0. The molecule has 0 radical (unpaired) electrons. The summed E-state index contributed by atoms with van der Waals surface area (Å²) >= 11 is 0. The Morgan fingerprint density at radius 2 is 2.00 bits per heavy atom. The predicted molar refractivity (Wildman–Crippen MR) is 117 cm³/mol. The molecule has 1 aromatic heterocycles. The van der Waals surface area contributed by atoms with Gasteiger partial charge in [-0.2, -0.15) is 0 Å². The van der Waals surface area contributed by atoms with Gasteiger partial charge in [0, 0.05) is 32.7 Å². The third-order valence-corrected chi connectivity index (χ3v) is 5.56. The molecule has 0 bridgehead atoms. The summed E-state index contributed by atoms with van der Waals surface area (Å²) in [6.07, 6.45) is 1.94. The van der Waals surface area contributed by atoms with E-state index in [0.29, 0.717) is 13.1 Å². The normalized spacial score (nSPS) is 17.0. The van der Waals surface area contributed by atoms with Gasteiger partial charge in [-0.05, 0) is 37.6 Å². The van der Waals surface area contributed by atoms with E-state index in [2.05, 4.69) is 56.4 Å². The maximum Gasteiger partial charge on any atom is 0.224 e. The third kappa shape index (κ3) is 4.95. The molecule has 2 N–H and O–H groups in total. The topological polar surface area (TPSA) is 64.3 Å². The standard InChI is InChI=1S/C23H29N5O/c1-27(16-18-8-3-2-4-9-18)15-13-24-22(29)19-10-7-14-28(17-19)23-25-20-11-5-6-12-21(20)26-23/h2-6,8-9,11-12,19H,7,10,13-17H2,1H3,(H,24,29)(H,25,26). The minimum atomic E-state index is 0.0105. The van der Waals surface area contributed by atoms with Crippen molar-refractivity contribution < 1.29 is 4.79 Å². The third-order valence-electron chi connectivity index (χ3n) is 5.56. The summed E-state index contributed by atoms with van der Waals surface area (Å²) in [6.45, 7) is 4.04. The fraction of sp³-hybridized carbons (Fsp3) is 0.391. The first-order valence-corrected chi connectivity index (χ1v) is 10.4. The van der Waals surface area contributed by atoms with Gasteiger partial charge in [0.1, 0.15) is 0 Å². The SMILES string of the molecule is CN(CCNC(=O)C1CCCN(c2nc3ccccc3[nH]2)C1)Cc1ccccc1. The van der Waals surface area contributed by atoms with Crippen molar-refractivity contribution in [2.75, 3.05) is 38.1 Å². The Balaban J connectivity index is 1.26. The van der Waals surface area contributed by atoms with Gasteiger partial charge in [0.05, 0.1) is 17.0 Å². The molecule has 6 heteroatoms.